The molecule has 1 aliphatic heterocycles. The number of nitrogens with zero attached hydrogens (tertiary/aromatic N) is 2. The number of rotatable bonds is 5. The molecule has 0 unspecified atom stereocenters. The largest absolute Gasteiger partial charge is 0.573 e. The van der Waals surface area contributed by atoms with E-state index >= 15 is 0 Å². The van der Waals surface area contributed by atoms with Crippen LogP contribution in [-0.4, -0.2) is 39.5 Å². The average Bonchev–Trinajstić information content (AvgIpc) is 3.16. The first kappa shape index (κ1) is 23.1. The van der Waals surface area contributed by atoms with Gasteiger partial charge in [-0.25, -0.2) is 9.18 Å². The van der Waals surface area contributed by atoms with Crippen molar-refractivity contribution >= 4 is 11.9 Å². The molecule has 1 amide bonds. The molecule has 4 rings (SSSR count). The summed E-state index contributed by atoms with van der Waals surface area (Å²) in [6, 6.07) is 8.59. The zero-order valence-electron chi connectivity index (χ0n) is 17.5. The standard InChI is InChI=1S/C22H17F4N3O5/c1-29-14(5-6-15(29)20(31)32)19(30)28-21(8-10-33-17-3-2-9-27-18(17)21)12-4-7-16(13(23)11-12)34-22(24,25)26/h2-7,9,11H,8,10H2,1H3,(H,28,30)(H,31,32)/t21-/m0/s1. The van der Waals surface area contributed by atoms with Crippen LogP contribution >= 0.6 is 0 Å². The van der Waals surface area contributed by atoms with Crippen LogP contribution in [0.25, 0.3) is 0 Å². The van der Waals surface area contributed by atoms with Crippen molar-refractivity contribution < 1.29 is 41.7 Å². The van der Waals surface area contributed by atoms with Crippen LogP contribution in [-0.2, 0) is 12.6 Å². The van der Waals surface area contributed by atoms with E-state index in [4.69, 9.17) is 4.74 Å². The highest BCUT2D eigenvalue weighted by molar-refractivity contribution is 5.96. The van der Waals surface area contributed by atoms with Crippen LogP contribution in [0.1, 0.15) is 38.7 Å². The molecule has 1 aromatic carbocycles. The maximum atomic E-state index is 14.6. The molecule has 0 saturated carbocycles. The smallest absolute Gasteiger partial charge is 0.491 e. The maximum absolute atomic E-state index is 14.6. The molecule has 0 aliphatic carbocycles. The highest BCUT2D eigenvalue weighted by Crippen LogP contribution is 2.42. The van der Waals surface area contributed by atoms with Gasteiger partial charge in [-0.2, -0.15) is 0 Å². The Labute approximate surface area is 189 Å². The van der Waals surface area contributed by atoms with Gasteiger partial charge in [0.1, 0.15) is 28.4 Å². The SMILES string of the molecule is Cn1c(C(=O)O)ccc1C(=O)N[C@]1(c2ccc(OC(F)(F)F)c(F)c2)CCOc2cccnc21. The third kappa shape index (κ3) is 4.14. The molecule has 0 bridgehead atoms. The number of ether oxygens (including phenoxy) is 2. The second kappa shape index (κ2) is 8.36. The highest BCUT2D eigenvalue weighted by Gasteiger charge is 2.44. The number of carbonyl (C=O) groups excluding carboxylic acids is 1. The van der Waals surface area contributed by atoms with Crippen molar-refractivity contribution in [2.45, 2.75) is 18.3 Å². The van der Waals surface area contributed by atoms with Crippen LogP contribution in [0.5, 0.6) is 11.5 Å². The quantitative estimate of drug-likeness (QED) is 0.542. The lowest BCUT2D eigenvalue weighted by atomic mass is 9.81. The summed E-state index contributed by atoms with van der Waals surface area (Å²) in [5.74, 6) is -3.97. The van der Waals surface area contributed by atoms with E-state index in [-0.39, 0.29) is 35.7 Å². The van der Waals surface area contributed by atoms with E-state index in [1.807, 2.05) is 0 Å². The molecule has 0 fully saturated rings. The fourth-order valence-corrected chi connectivity index (χ4v) is 3.92. The van der Waals surface area contributed by atoms with Crippen LogP contribution in [0.3, 0.4) is 0 Å². The fourth-order valence-electron chi connectivity index (χ4n) is 3.92. The Morgan fingerprint density at radius 2 is 1.94 bits per heavy atom. The normalized spacial score (nSPS) is 17.4. The first-order chi connectivity index (χ1) is 16.0. The number of benzene rings is 1. The molecule has 34 heavy (non-hydrogen) atoms. The van der Waals surface area contributed by atoms with Crippen LogP contribution in [0.2, 0.25) is 0 Å². The second-order valence-corrected chi connectivity index (χ2v) is 7.47. The van der Waals surface area contributed by atoms with Crippen LogP contribution in [0, 0.1) is 5.82 Å². The molecular formula is C22H17F4N3O5. The summed E-state index contributed by atoms with van der Waals surface area (Å²) in [5.41, 5.74) is -1.31. The van der Waals surface area contributed by atoms with E-state index in [2.05, 4.69) is 15.0 Å². The van der Waals surface area contributed by atoms with Crippen molar-refractivity contribution in [3.8, 4) is 11.5 Å². The van der Waals surface area contributed by atoms with Crippen LogP contribution < -0.4 is 14.8 Å². The lowest BCUT2D eigenvalue weighted by Crippen LogP contribution is -2.50. The van der Waals surface area contributed by atoms with Crippen LogP contribution in [0.15, 0.2) is 48.7 Å². The van der Waals surface area contributed by atoms with E-state index < -0.39 is 35.3 Å². The molecule has 0 radical (unpaired) electrons. The van der Waals surface area contributed by atoms with Gasteiger partial charge in [0.15, 0.2) is 11.6 Å². The fraction of sp³-hybridized carbons (Fsp3) is 0.227. The first-order valence-electron chi connectivity index (χ1n) is 9.87. The van der Waals surface area contributed by atoms with Gasteiger partial charge in [-0.15, -0.1) is 13.2 Å². The number of carboxylic acid groups (broad SMARTS) is 1. The molecule has 3 heterocycles. The zero-order chi connectivity index (χ0) is 24.7. The van der Waals surface area contributed by atoms with Gasteiger partial charge in [-0.05, 0) is 42.0 Å². The Hall–Kier alpha value is -4.09. The number of carbonyl (C=O) groups is 2. The third-order valence-corrected chi connectivity index (χ3v) is 5.46. The number of amides is 1. The molecule has 12 heteroatoms. The number of nitrogens with one attached hydrogen (secondary N) is 1. The maximum Gasteiger partial charge on any atom is 0.573 e. The van der Waals surface area contributed by atoms with E-state index in [1.54, 1.807) is 12.1 Å². The van der Waals surface area contributed by atoms with Gasteiger partial charge in [0, 0.05) is 19.7 Å². The number of hydrogen-bond acceptors (Lipinski definition) is 5. The predicted molar refractivity (Wildman–Crippen MR) is 108 cm³/mol. The minimum absolute atomic E-state index is 0.00163. The zero-order valence-corrected chi connectivity index (χ0v) is 17.5. The van der Waals surface area contributed by atoms with Crippen molar-refractivity contribution in [1.82, 2.24) is 14.9 Å². The number of carboxylic acids is 1. The van der Waals surface area contributed by atoms with E-state index in [9.17, 15) is 32.3 Å². The van der Waals surface area contributed by atoms with Crippen molar-refractivity contribution in [3.63, 3.8) is 0 Å². The van der Waals surface area contributed by atoms with Gasteiger partial charge in [0.05, 0.1) is 6.61 Å². The highest BCUT2D eigenvalue weighted by atomic mass is 19.4. The Kier molecular flexibility index (Phi) is 5.67. The van der Waals surface area contributed by atoms with Gasteiger partial charge in [0.2, 0.25) is 0 Å². The van der Waals surface area contributed by atoms with Crippen molar-refractivity contribution in [3.05, 3.63) is 77.1 Å². The predicted octanol–water partition coefficient (Wildman–Crippen LogP) is 3.61. The molecule has 8 nitrogen and oxygen atoms in total. The van der Waals surface area contributed by atoms with E-state index in [1.165, 1.54) is 36.0 Å². The molecule has 2 N–H and O–H groups in total. The summed E-state index contributed by atoms with van der Waals surface area (Å²) < 4.78 is 62.9. The van der Waals surface area contributed by atoms with Gasteiger partial charge >= 0.3 is 12.3 Å². The Bertz CT molecular complexity index is 1270. The van der Waals surface area contributed by atoms with Gasteiger partial charge in [0.25, 0.3) is 5.91 Å². The summed E-state index contributed by atoms with van der Waals surface area (Å²) >= 11 is 0. The minimum atomic E-state index is -5.09. The minimum Gasteiger partial charge on any atom is -0.491 e. The third-order valence-electron chi connectivity index (χ3n) is 5.46. The van der Waals surface area contributed by atoms with Crippen LogP contribution in [0.4, 0.5) is 17.6 Å². The topological polar surface area (TPSA) is 103 Å². The Balaban J connectivity index is 1.81. The first-order valence-corrected chi connectivity index (χ1v) is 9.87. The second-order valence-electron chi connectivity index (χ2n) is 7.47. The summed E-state index contributed by atoms with van der Waals surface area (Å²) in [5, 5.41) is 12.0. The van der Waals surface area contributed by atoms with E-state index in [0.29, 0.717) is 5.75 Å². The number of pyridine rings is 1. The van der Waals surface area contributed by atoms with E-state index in [0.717, 1.165) is 12.1 Å². The van der Waals surface area contributed by atoms with Crippen molar-refractivity contribution in [2.75, 3.05) is 6.61 Å². The van der Waals surface area contributed by atoms with Crippen molar-refractivity contribution in [1.29, 1.82) is 0 Å². The monoisotopic (exact) mass is 479 g/mol. The number of halogens is 4. The summed E-state index contributed by atoms with van der Waals surface area (Å²) in [7, 11) is 1.39. The lowest BCUT2D eigenvalue weighted by molar-refractivity contribution is -0.275. The Morgan fingerprint density at radius 3 is 2.59 bits per heavy atom. The number of fused-ring (bicyclic) bond motifs is 1. The number of aromatic nitrogens is 2. The summed E-state index contributed by atoms with van der Waals surface area (Å²) in [6.07, 6.45) is -3.59. The molecule has 3 aromatic rings. The molecule has 2 aromatic heterocycles. The summed E-state index contributed by atoms with van der Waals surface area (Å²) in [6.45, 7) is 0.0783. The van der Waals surface area contributed by atoms with Crippen molar-refractivity contribution in [2.24, 2.45) is 7.05 Å². The number of hydrogen-bond donors (Lipinski definition) is 2. The van der Waals surface area contributed by atoms with Gasteiger partial charge in [-0.1, -0.05) is 6.07 Å². The molecule has 1 atom stereocenters. The Morgan fingerprint density at radius 1 is 1.21 bits per heavy atom. The lowest BCUT2D eigenvalue weighted by Gasteiger charge is -2.39. The average molecular weight is 479 g/mol. The molecule has 178 valence electrons. The van der Waals surface area contributed by atoms with Gasteiger partial charge in [-0.3, -0.25) is 9.78 Å². The molecule has 0 spiro atoms. The number of alkyl halides is 3. The van der Waals surface area contributed by atoms with Gasteiger partial charge < -0.3 is 24.5 Å². The molecule has 0 saturated heterocycles. The molecule has 1 aliphatic rings. The summed E-state index contributed by atoms with van der Waals surface area (Å²) in [4.78, 5) is 28.9. The number of aromatic carboxylic acids is 1. The molecular weight excluding hydrogens is 462 g/mol.